The highest BCUT2D eigenvalue weighted by Crippen LogP contribution is 2.41. The van der Waals surface area contributed by atoms with Crippen molar-refractivity contribution in [1.82, 2.24) is 0 Å². The van der Waals surface area contributed by atoms with Gasteiger partial charge < -0.3 is 20.8 Å². The van der Waals surface area contributed by atoms with E-state index in [1.165, 1.54) is 11.3 Å². The number of β-amino-alcohol motifs (C(OH)–C–C–N with tert-alkyl or cyclic N) is 1. The SMILES string of the molecule is CC(C)(CCO)C1Cc2cc(N)ccc2N1CCO. The first kappa shape index (κ1) is 14.2. The van der Waals surface area contributed by atoms with Crippen LogP contribution in [0.3, 0.4) is 0 Å². The first-order chi connectivity index (χ1) is 8.99. The number of rotatable bonds is 5. The van der Waals surface area contributed by atoms with Crippen molar-refractivity contribution in [2.24, 2.45) is 5.41 Å². The lowest BCUT2D eigenvalue weighted by atomic mass is 9.79. The molecule has 0 amide bonds. The molecule has 0 saturated carbocycles. The molecule has 106 valence electrons. The second kappa shape index (κ2) is 5.39. The number of anilines is 2. The van der Waals surface area contributed by atoms with Crippen LogP contribution >= 0.6 is 0 Å². The average Bonchev–Trinajstić information content (AvgIpc) is 2.68. The quantitative estimate of drug-likeness (QED) is 0.703. The summed E-state index contributed by atoms with van der Waals surface area (Å²) in [5.41, 5.74) is 9.04. The van der Waals surface area contributed by atoms with Crippen molar-refractivity contribution in [1.29, 1.82) is 0 Å². The molecule has 1 unspecified atom stereocenters. The summed E-state index contributed by atoms with van der Waals surface area (Å²) in [7, 11) is 0. The third-order valence-corrected chi connectivity index (χ3v) is 4.20. The second-order valence-corrected chi connectivity index (χ2v) is 5.99. The summed E-state index contributed by atoms with van der Waals surface area (Å²) < 4.78 is 0. The predicted molar refractivity (Wildman–Crippen MR) is 78.3 cm³/mol. The molecule has 1 aliphatic rings. The van der Waals surface area contributed by atoms with E-state index in [-0.39, 0.29) is 18.6 Å². The van der Waals surface area contributed by atoms with Crippen molar-refractivity contribution >= 4 is 11.4 Å². The zero-order chi connectivity index (χ0) is 14.0. The fourth-order valence-corrected chi connectivity index (χ4v) is 3.07. The smallest absolute Gasteiger partial charge is 0.0606 e. The standard InChI is InChI=1S/C15H24N2O2/c1-15(2,5-7-18)14-10-11-9-12(16)3-4-13(11)17(14)6-8-19/h3-4,9,14,18-19H,5-8,10,16H2,1-2H3. The Morgan fingerprint density at radius 3 is 2.68 bits per heavy atom. The topological polar surface area (TPSA) is 69.7 Å². The molecule has 4 heteroatoms. The number of hydrogen-bond acceptors (Lipinski definition) is 4. The minimum atomic E-state index is -0.00228. The zero-order valence-corrected chi connectivity index (χ0v) is 11.8. The summed E-state index contributed by atoms with van der Waals surface area (Å²) in [5, 5.41) is 18.6. The van der Waals surface area contributed by atoms with E-state index in [4.69, 9.17) is 5.73 Å². The molecule has 4 nitrogen and oxygen atoms in total. The maximum atomic E-state index is 9.30. The van der Waals surface area contributed by atoms with Gasteiger partial charge in [-0.25, -0.2) is 0 Å². The van der Waals surface area contributed by atoms with Crippen LogP contribution in [0.5, 0.6) is 0 Å². The Hall–Kier alpha value is -1.26. The number of nitrogen functional groups attached to an aromatic ring is 1. The van der Waals surface area contributed by atoms with Gasteiger partial charge in [-0.2, -0.15) is 0 Å². The molecule has 1 heterocycles. The van der Waals surface area contributed by atoms with Crippen LogP contribution in [0.25, 0.3) is 0 Å². The van der Waals surface area contributed by atoms with E-state index in [9.17, 15) is 10.2 Å². The molecule has 0 aromatic heterocycles. The third-order valence-electron chi connectivity index (χ3n) is 4.20. The van der Waals surface area contributed by atoms with Crippen molar-refractivity contribution in [3.8, 4) is 0 Å². The Balaban J connectivity index is 2.32. The number of aliphatic hydroxyl groups excluding tert-OH is 2. The fourth-order valence-electron chi connectivity index (χ4n) is 3.07. The van der Waals surface area contributed by atoms with Crippen molar-refractivity contribution in [3.63, 3.8) is 0 Å². The first-order valence-corrected chi connectivity index (χ1v) is 6.86. The number of benzene rings is 1. The average molecular weight is 264 g/mol. The van der Waals surface area contributed by atoms with Crippen LogP contribution in [-0.2, 0) is 6.42 Å². The van der Waals surface area contributed by atoms with E-state index in [0.717, 1.165) is 18.5 Å². The molecule has 1 aromatic rings. The summed E-state index contributed by atoms with van der Waals surface area (Å²) in [5.74, 6) is 0. The molecule has 1 aliphatic heterocycles. The number of nitrogens with two attached hydrogens (primary N) is 1. The highest BCUT2D eigenvalue weighted by Gasteiger charge is 2.39. The minimum absolute atomic E-state index is 0.00228. The maximum absolute atomic E-state index is 9.30. The second-order valence-electron chi connectivity index (χ2n) is 5.99. The Labute approximate surface area is 114 Å². The number of aliphatic hydroxyl groups is 2. The lowest BCUT2D eigenvalue weighted by molar-refractivity contribution is 0.178. The van der Waals surface area contributed by atoms with Gasteiger partial charge in [0.1, 0.15) is 0 Å². The Kier molecular flexibility index (Phi) is 4.02. The molecule has 0 bridgehead atoms. The van der Waals surface area contributed by atoms with Crippen molar-refractivity contribution < 1.29 is 10.2 Å². The number of hydrogen-bond donors (Lipinski definition) is 3. The molecule has 19 heavy (non-hydrogen) atoms. The number of fused-ring (bicyclic) bond motifs is 1. The van der Waals surface area contributed by atoms with Crippen LogP contribution in [0, 0.1) is 5.41 Å². The normalized spacial score (nSPS) is 18.7. The summed E-state index contributed by atoms with van der Waals surface area (Å²) in [4.78, 5) is 2.25. The van der Waals surface area contributed by atoms with Gasteiger partial charge in [0.05, 0.1) is 6.61 Å². The van der Waals surface area contributed by atoms with Gasteiger partial charge in [0.15, 0.2) is 0 Å². The molecule has 4 N–H and O–H groups in total. The highest BCUT2D eigenvalue weighted by molar-refractivity contribution is 5.64. The minimum Gasteiger partial charge on any atom is -0.399 e. The van der Waals surface area contributed by atoms with Crippen LogP contribution in [-0.4, -0.2) is 36.0 Å². The molecular weight excluding hydrogens is 240 g/mol. The van der Waals surface area contributed by atoms with E-state index in [1.54, 1.807) is 0 Å². The Morgan fingerprint density at radius 2 is 2.05 bits per heavy atom. The lowest BCUT2D eigenvalue weighted by Crippen LogP contribution is -2.45. The molecule has 2 rings (SSSR count). The lowest BCUT2D eigenvalue weighted by Gasteiger charge is -2.39. The van der Waals surface area contributed by atoms with Gasteiger partial charge in [-0.15, -0.1) is 0 Å². The Bertz CT molecular complexity index is 446. The van der Waals surface area contributed by atoms with Crippen LogP contribution in [0.1, 0.15) is 25.8 Å². The summed E-state index contributed by atoms with van der Waals surface area (Å²) in [6, 6.07) is 6.26. The van der Waals surface area contributed by atoms with Crippen LogP contribution in [0.4, 0.5) is 11.4 Å². The monoisotopic (exact) mass is 264 g/mol. The molecule has 0 fully saturated rings. The summed E-state index contributed by atoms with van der Waals surface area (Å²) in [6.45, 7) is 5.29. The largest absolute Gasteiger partial charge is 0.399 e. The van der Waals surface area contributed by atoms with E-state index in [1.807, 2.05) is 18.2 Å². The van der Waals surface area contributed by atoms with Gasteiger partial charge in [0.2, 0.25) is 0 Å². The molecule has 0 spiro atoms. The van der Waals surface area contributed by atoms with E-state index < -0.39 is 0 Å². The summed E-state index contributed by atoms with van der Waals surface area (Å²) >= 11 is 0. The molecular formula is C15H24N2O2. The van der Waals surface area contributed by atoms with Gasteiger partial charge in [-0.3, -0.25) is 0 Å². The van der Waals surface area contributed by atoms with Crippen LogP contribution in [0.2, 0.25) is 0 Å². The van der Waals surface area contributed by atoms with Crippen LogP contribution in [0.15, 0.2) is 18.2 Å². The fraction of sp³-hybridized carbons (Fsp3) is 0.600. The summed E-state index contributed by atoms with van der Waals surface area (Å²) in [6.07, 6.45) is 1.68. The van der Waals surface area contributed by atoms with Crippen molar-refractivity contribution in [3.05, 3.63) is 23.8 Å². The molecule has 1 atom stereocenters. The predicted octanol–water partition coefficient (Wildman–Crippen LogP) is 1.40. The highest BCUT2D eigenvalue weighted by atomic mass is 16.3. The Morgan fingerprint density at radius 1 is 1.32 bits per heavy atom. The van der Waals surface area contributed by atoms with Crippen molar-refractivity contribution in [2.75, 3.05) is 30.4 Å². The molecule has 0 aliphatic carbocycles. The third kappa shape index (κ3) is 2.69. The van der Waals surface area contributed by atoms with Crippen molar-refractivity contribution in [2.45, 2.75) is 32.7 Å². The van der Waals surface area contributed by atoms with E-state index in [2.05, 4.69) is 18.7 Å². The number of nitrogens with zero attached hydrogens (tertiary/aromatic N) is 1. The van der Waals surface area contributed by atoms with Gasteiger partial charge in [0.25, 0.3) is 0 Å². The maximum Gasteiger partial charge on any atom is 0.0606 e. The van der Waals surface area contributed by atoms with Gasteiger partial charge in [-0.05, 0) is 42.0 Å². The van der Waals surface area contributed by atoms with E-state index >= 15 is 0 Å². The van der Waals surface area contributed by atoms with Gasteiger partial charge in [0, 0.05) is 30.6 Å². The molecule has 0 saturated heterocycles. The van der Waals surface area contributed by atoms with Crippen LogP contribution < -0.4 is 10.6 Å². The van der Waals surface area contributed by atoms with Gasteiger partial charge in [-0.1, -0.05) is 13.8 Å². The molecule has 0 radical (unpaired) electrons. The van der Waals surface area contributed by atoms with E-state index in [0.29, 0.717) is 12.6 Å². The molecule has 1 aromatic carbocycles. The zero-order valence-electron chi connectivity index (χ0n) is 11.8. The van der Waals surface area contributed by atoms with Gasteiger partial charge >= 0.3 is 0 Å². The first-order valence-electron chi connectivity index (χ1n) is 6.86.